The monoisotopic (exact) mass is 515 g/mol. The fourth-order valence-electron chi connectivity index (χ4n) is 3.25. The van der Waals surface area contributed by atoms with Crippen LogP contribution in [0.25, 0.3) is 0 Å². The highest BCUT2D eigenvalue weighted by Crippen LogP contribution is 2.24. The Kier molecular flexibility index (Phi) is 8.73. The molecule has 0 aromatic heterocycles. The topological polar surface area (TPSA) is 97.3 Å². The van der Waals surface area contributed by atoms with Gasteiger partial charge in [0.1, 0.15) is 24.1 Å². The minimum atomic E-state index is -3.73. The van der Waals surface area contributed by atoms with Gasteiger partial charge in [0, 0.05) is 5.02 Å². The van der Waals surface area contributed by atoms with E-state index in [0.29, 0.717) is 28.8 Å². The van der Waals surface area contributed by atoms with Gasteiger partial charge in [-0.1, -0.05) is 23.7 Å². The van der Waals surface area contributed by atoms with Gasteiger partial charge >= 0.3 is 0 Å². The Morgan fingerprint density at radius 3 is 2.34 bits per heavy atom. The van der Waals surface area contributed by atoms with Crippen molar-refractivity contribution in [2.45, 2.75) is 19.6 Å². The minimum absolute atomic E-state index is 0.341. The zero-order valence-corrected chi connectivity index (χ0v) is 21.1. The number of benzene rings is 3. The molecular formula is C25H26ClN3O5S. The highest BCUT2D eigenvalue weighted by molar-refractivity contribution is 7.92. The standard InChI is InChI=1S/C25H26ClN3O5S/c1-18(29(35(3,31)32)22-9-13-23(33-2)14-10-22)25(30)28-27-16-19-7-11-24(12-8-19)34-17-20-5-4-6-21(26)15-20/h4-16,18H,17H2,1-3H3,(H,28,30)/b27-16-/t18-/m0/s1. The average molecular weight is 516 g/mol. The van der Waals surface area contributed by atoms with Crippen molar-refractivity contribution in [3.05, 3.63) is 88.9 Å². The second-order valence-electron chi connectivity index (χ2n) is 7.65. The number of amides is 1. The van der Waals surface area contributed by atoms with E-state index in [1.807, 2.05) is 18.2 Å². The van der Waals surface area contributed by atoms with Crippen LogP contribution >= 0.6 is 11.6 Å². The fourth-order valence-corrected chi connectivity index (χ4v) is 4.63. The molecule has 3 rings (SSSR count). The van der Waals surface area contributed by atoms with Gasteiger partial charge in [-0.15, -0.1) is 0 Å². The van der Waals surface area contributed by atoms with E-state index in [1.165, 1.54) is 20.2 Å². The van der Waals surface area contributed by atoms with Gasteiger partial charge in [0.05, 0.1) is 25.3 Å². The molecule has 0 radical (unpaired) electrons. The lowest BCUT2D eigenvalue weighted by Gasteiger charge is -2.27. The van der Waals surface area contributed by atoms with E-state index < -0.39 is 22.0 Å². The molecular weight excluding hydrogens is 490 g/mol. The molecule has 3 aromatic carbocycles. The van der Waals surface area contributed by atoms with E-state index in [1.54, 1.807) is 54.6 Å². The summed E-state index contributed by atoms with van der Waals surface area (Å²) < 4.78 is 36.6. The normalized spacial score (nSPS) is 12.2. The maximum atomic E-state index is 12.6. The van der Waals surface area contributed by atoms with E-state index in [2.05, 4.69) is 10.5 Å². The van der Waals surface area contributed by atoms with Crippen LogP contribution in [0.3, 0.4) is 0 Å². The van der Waals surface area contributed by atoms with Crippen LogP contribution in [0.2, 0.25) is 5.02 Å². The van der Waals surface area contributed by atoms with Gasteiger partial charge < -0.3 is 9.47 Å². The maximum absolute atomic E-state index is 12.6. The third kappa shape index (κ3) is 7.46. The first kappa shape index (κ1) is 26.1. The summed E-state index contributed by atoms with van der Waals surface area (Å²) in [7, 11) is -2.22. The van der Waals surface area contributed by atoms with Crippen LogP contribution in [0.15, 0.2) is 77.9 Å². The van der Waals surface area contributed by atoms with E-state index in [-0.39, 0.29) is 0 Å². The number of halogens is 1. The number of ether oxygens (including phenoxy) is 2. The molecule has 1 atom stereocenters. The van der Waals surface area contributed by atoms with Crippen molar-refractivity contribution in [1.29, 1.82) is 0 Å². The highest BCUT2D eigenvalue weighted by Gasteiger charge is 2.29. The van der Waals surface area contributed by atoms with Gasteiger partial charge in [-0.2, -0.15) is 5.10 Å². The fraction of sp³-hybridized carbons (Fsp3) is 0.200. The Hall–Kier alpha value is -3.56. The summed E-state index contributed by atoms with van der Waals surface area (Å²) in [5.41, 5.74) is 4.42. The number of carbonyl (C=O) groups is 1. The highest BCUT2D eigenvalue weighted by atomic mass is 35.5. The summed E-state index contributed by atoms with van der Waals surface area (Å²) in [6, 6.07) is 19.9. The summed E-state index contributed by atoms with van der Waals surface area (Å²) in [5, 5.41) is 4.61. The Bertz CT molecular complexity index is 1280. The molecule has 8 nitrogen and oxygen atoms in total. The van der Waals surface area contributed by atoms with Crippen molar-refractivity contribution in [3.63, 3.8) is 0 Å². The van der Waals surface area contributed by atoms with Crippen molar-refractivity contribution in [3.8, 4) is 11.5 Å². The van der Waals surface area contributed by atoms with Gasteiger partial charge in [0.15, 0.2) is 0 Å². The lowest BCUT2D eigenvalue weighted by atomic mass is 10.2. The maximum Gasteiger partial charge on any atom is 0.263 e. The Morgan fingerprint density at radius 2 is 1.74 bits per heavy atom. The number of hydrogen-bond acceptors (Lipinski definition) is 6. The molecule has 35 heavy (non-hydrogen) atoms. The van der Waals surface area contributed by atoms with Crippen LogP contribution in [0, 0.1) is 0 Å². The smallest absolute Gasteiger partial charge is 0.263 e. The van der Waals surface area contributed by atoms with Crippen molar-refractivity contribution in [2.24, 2.45) is 5.10 Å². The van der Waals surface area contributed by atoms with Crippen molar-refractivity contribution < 1.29 is 22.7 Å². The molecule has 184 valence electrons. The Balaban J connectivity index is 1.59. The first-order chi connectivity index (χ1) is 16.7. The summed E-state index contributed by atoms with van der Waals surface area (Å²) in [5.74, 6) is 0.664. The largest absolute Gasteiger partial charge is 0.497 e. The minimum Gasteiger partial charge on any atom is -0.497 e. The van der Waals surface area contributed by atoms with E-state index in [4.69, 9.17) is 21.1 Å². The van der Waals surface area contributed by atoms with Crippen LogP contribution in [0.1, 0.15) is 18.1 Å². The average Bonchev–Trinajstić information content (AvgIpc) is 2.83. The third-order valence-corrected chi connectivity index (χ3v) is 6.46. The second-order valence-corrected chi connectivity index (χ2v) is 9.95. The van der Waals surface area contributed by atoms with Crippen molar-refractivity contribution in [2.75, 3.05) is 17.7 Å². The predicted octanol–water partition coefficient (Wildman–Crippen LogP) is 4.23. The van der Waals surface area contributed by atoms with Crippen LogP contribution < -0.4 is 19.2 Å². The molecule has 0 aliphatic rings. The van der Waals surface area contributed by atoms with Gasteiger partial charge in [-0.3, -0.25) is 9.10 Å². The number of hydrazone groups is 1. The van der Waals surface area contributed by atoms with Crippen molar-refractivity contribution in [1.82, 2.24) is 5.43 Å². The number of anilines is 1. The molecule has 1 amide bonds. The summed E-state index contributed by atoms with van der Waals surface area (Å²) >= 11 is 5.98. The summed E-state index contributed by atoms with van der Waals surface area (Å²) in [6.07, 6.45) is 2.50. The van der Waals surface area contributed by atoms with E-state index in [0.717, 1.165) is 21.7 Å². The molecule has 0 heterocycles. The molecule has 0 aliphatic heterocycles. The van der Waals surface area contributed by atoms with Gasteiger partial charge in [0.2, 0.25) is 10.0 Å². The van der Waals surface area contributed by atoms with Crippen LogP contribution in [0.5, 0.6) is 11.5 Å². The lowest BCUT2D eigenvalue weighted by Crippen LogP contribution is -2.46. The van der Waals surface area contributed by atoms with E-state index in [9.17, 15) is 13.2 Å². The molecule has 3 aromatic rings. The lowest BCUT2D eigenvalue weighted by molar-refractivity contribution is -0.121. The number of hydrogen-bond donors (Lipinski definition) is 1. The molecule has 0 saturated carbocycles. The molecule has 0 bridgehead atoms. The number of rotatable bonds is 10. The number of sulfonamides is 1. The zero-order chi connectivity index (χ0) is 25.4. The van der Waals surface area contributed by atoms with Crippen LogP contribution in [-0.4, -0.2) is 39.9 Å². The summed E-state index contributed by atoms with van der Waals surface area (Å²) in [4.78, 5) is 12.6. The first-order valence-electron chi connectivity index (χ1n) is 10.6. The summed E-state index contributed by atoms with van der Waals surface area (Å²) in [6.45, 7) is 1.87. The third-order valence-electron chi connectivity index (χ3n) is 4.98. The van der Waals surface area contributed by atoms with Gasteiger partial charge in [-0.05, 0) is 78.7 Å². The first-order valence-corrected chi connectivity index (χ1v) is 12.8. The zero-order valence-electron chi connectivity index (χ0n) is 19.5. The number of nitrogens with zero attached hydrogens (tertiary/aromatic N) is 2. The molecule has 1 N–H and O–H groups in total. The number of methoxy groups -OCH3 is 1. The Labute approximate surface area is 210 Å². The predicted molar refractivity (Wildman–Crippen MR) is 138 cm³/mol. The quantitative estimate of drug-likeness (QED) is 0.322. The molecule has 0 saturated heterocycles. The SMILES string of the molecule is COc1ccc(N([C@@H](C)C(=O)N/N=C\c2ccc(OCc3cccc(Cl)c3)cc2)S(C)(=O)=O)cc1. The molecule has 0 unspecified atom stereocenters. The number of nitrogens with one attached hydrogen (secondary N) is 1. The molecule has 0 fully saturated rings. The van der Waals surface area contributed by atoms with Crippen LogP contribution in [0.4, 0.5) is 5.69 Å². The van der Waals surface area contributed by atoms with Gasteiger partial charge in [0.25, 0.3) is 5.91 Å². The number of carbonyl (C=O) groups excluding carboxylic acids is 1. The molecule has 10 heteroatoms. The Morgan fingerprint density at radius 1 is 1.09 bits per heavy atom. The second kappa shape index (κ2) is 11.7. The van der Waals surface area contributed by atoms with Crippen molar-refractivity contribution >= 4 is 39.4 Å². The molecule has 0 spiro atoms. The van der Waals surface area contributed by atoms with E-state index >= 15 is 0 Å². The van der Waals surface area contributed by atoms with Gasteiger partial charge in [-0.25, -0.2) is 13.8 Å². The molecule has 0 aliphatic carbocycles. The van der Waals surface area contributed by atoms with Crippen LogP contribution in [-0.2, 0) is 21.4 Å².